The molecule has 33 heavy (non-hydrogen) atoms. The number of rotatable bonds is 9. The SMILES string of the molecule is CC(c1cc(Cl)cc(Cl)c1)N(CCCCc1ccccc1)C(=O)NC1(C(=O)O)CC(F)(F)C1. The van der Waals surface area contributed by atoms with Gasteiger partial charge in [0.2, 0.25) is 0 Å². The van der Waals surface area contributed by atoms with Crippen LogP contribution in [-0.2, 0) is 11.2 Å². The fraction of sp³-hybridized carbons (Fsp3) is 0.417. The standard InChI is InChI=1S/C24H26Cl2F2N2O3/c1-16(18-11-19(25)13-20(26)12-18)30(10-6-5-9-17-7-3-2-4-8-17)22(33)29-23(21(31)32)14-24(27,28)15-23/h2-4,7-8,11-13,16H,5-6,9-10,14-15H2,1H3,(H,29,33)(H,31,32). The van der Waals surface area contributed by atoms with Gasteiger partial charge in [-0.15, -0.1) is 0 Å². The lowest BCUT2D eigenvalue weighted by molar-refractivity contribution is -0.175. The molecular formula is C24H26Cl2F2N2O3. The predicted octanol–water partition coefficient (Wildman–Crippen LogP) is 6.34. The highest BCUT2D eigenvalue weighted by molar-refractivity contribution is 6.34. The number of unbranched alkanes of at least 4 members (excludes halogenated alkanes) is 1. The number of hydrogen-bond acceptors (Lipinski definition) is 2. The number of carboxylic acids is 1. The maximum absolute atomic E-state index is 13.5. The summed E-state index contributed by atoms with van der Waals surface area (Å²) in [5.41, 5.74) is -0.145. The summed E-state index contributed by atoms with van der Waals surface area (Å²) in [6, 6.07) is 13.6. The number of nitrogens with one attached hydrogen (secondary N) is 1. The molecule has 0 saturated heterocycles. The Morgan fingerprint density at radius 2 is 1.70 bits per heavy atom. The van der Waals surface area contributed by atoms with E-state index in [4.69, 9.17) is 23.2 Å². The Balaban J connectivity index is 1.75. The molecule has 0 radical (unpaired) electrons. The van der Waals surface area contributed by atoms with Crippen molar-refractivity contribution < 1.29 is 23.5 Å². The molecule has 1 fully saturated rings. The number of halogens is 4. The van der Waals surface area contributed by atoms with Crippen molar-refractivity contribution >= 4 is 35.2 Å². The van der Waals surface area contributed by atoms with Crippen LogP contribution in [0.1, 0.15) is 49.8 Å². The van der Waals surface area contributed by atoms with Crippen LogP contribution >= 0.6 is 23.2 Å². The van der Waals surface area contributed by atoms with E-state index in [1.165, 1.54) is 10.5 Å². The van der Waals surface area contributed by atoms with Gasteiger partial charge in [0.05, 0.1) is 6.04 Å². The average molecular weight is 499 g/mol. The zero-order chi connectivity index (χ0) is 24.2. The maximum Gasteiger partial charge on any atom is 0.329 e. The van der Waals surface area contributed by atoms with Crippen molar-refractivity contribution in [3.8, 4) is 0 Å². The van der Waals surface area contributed by atoms with E-state index >= 15 is 0 Å². The minimum absolute atomic E-state index is 0.302. The summed E-state index contributed by atoms with van der Waals surface area (Å²) in [5, 5.41) is 12.7. The van der Waals surface area contributed by atoms with E-state index in [0.717, 1.165) is 12.8 Å². The van der Waals surface area contributed by atoms with Crippen LogP contribution in [0.4, 0.5) is 13.6 Å². The van der Waals surface area contributed by atoms with E-state index in [1.807, 2.05) is 30.3 Å². The van der Waals surface area contributed by atoms with Crippen LogP contribution in [0.3, 0.4) is 0 Å². The van der Waals surface area contributed by atoms with Crippen LogP contribution in [0, 0.1) is 0 Å². The van der Waals surface area contributed by atoms with Gasteiger partial charge in [0.15, 0.2) is 5.54 Å². The normalized spacial score (nSPS) is 17.0. The number of carbonyl (C=O) groups excluding carboxylic acids is 1. The Morgan fingerprint density at radius 3 is 2.24 bits per heavy atom. The van der Waals surface area contributed by atoms with Gasteiger partial charge in [-0.2, -0.15) is 0 Å². The monoisotopic (exact) mass is 498 g/mol. The highest BCUT2D eigenvalue weighted by atomic mass is 35.5. The summed E-state index contributed by atoms with van der Waals surface area (Å²) in [6.45, 7) is 2.07. The second kappa shape index (κ2) is 10.3. The Hall–Kier alpha value is -2.38. The van der Waals surface area contributed by atoms with Crippen LogP contribution in [0.15, 0.2) is 48.5 Å². The lowest BCUT2D eigenvalue weighted by Gasteiger charge is -2.45. The van der Waals surface area contributed by atoms with Crippen molar-refractivity contribution in [1.82, 2.24) is 10.2 Å². The molecular weight excluding hydrogens is 473 g/mol. The van der Waals surface area contributed by atoms with Gasteiger partial charge in [0, 0.05) is 29.4 Å². The molecule has 0 aliphatic heterocycles. The van der Waals surface area contributed by atoms with Gasteiger partial charge in [0.25, 0.3) is 5.92 Å². The molecule has 1 saturated carbocycles. The zero-order valence-electron chi connectivity index (χ0n) is 18.2. The number of aliphatic carboxylic acids is 1. The summed E-state index contributed by atoms with van der Waals surface area (Å²) in [5.74, 6) is -4.58. The highest BCUT2D eigenvalue weighted by Crippen LogP contribution is 2.46. The summed E-state index contributed by atoms with van der Waals surface area (Å²) in [7, 11) is 0. The molecule has 1 atom stereocenters. The summed E-state index contributed by atoms with van der Waals surface area (Å²) >= 11 is 12.2. The lowest BCUT2D eigenvalue weighted by Crippen LogP contribution is -2.68. The van der Waals surface area contributed by atoms with Gasteiger partial charge < -0.3 is 15.3 Å². The minimum atomic E-state index is -3.11. The number of benzene rings is 2. The number of urea groups is 1. The fourth-order valence-corrected chi connectivity index (χ4v) is 4.67. The number of carboxylic acid groups (broad SMARTS) is 1. The molecule has 3 rings (SSSR count). The number of nitrogens with zero attached hydrogens (tertiary/aromatic N) is 1. The fourth-order valence-electron chi connectivity index (χ4n) is 4.12. The Kier molecular flexibility index (Phi) is 7.85. The second-order valence-electron chi connectivity index (χ2n) is 8.54. The second-order valence-corrected chi connectivity index (χ2v) is 9.41. The summed E-state index contributed by atoms with van der Waals surface area (Å²) in [4.78, 5) is 26.3. The van der Waals surface area contributed by atoms with E-state index < -0.39 is 42.3 Å². The molecule has 1 aliphatic rings. The molecule has 1 unspecified atom stereocenters. The van der Waals surface area contributed by atoms with Crippen molar-refractivity contribution in [2.24, 2.45) is 0 Å². The quantitative estimate of drug-likeness (QED) is 0.396. The number of amides is 2. The first-order chi connectivity index (χ1) is 15.5. The average Bonchev–Trinajstić information content (AvgIpc) is 2.71. The van der Waals surface area contributed by atoms with E-state index in [2.05, 4.69) is 5.32 Å². The molecule has 178 valence electrons. The van der Waals surface area contributed by atoms with Crippen molar-refractivity contribution in [1.29, 1.82) is 0 Å². The number of aryl methyl sites for hydroxylation is 1. The van der Waals surface area contributed by atoms with E-state index in [-0.39, 0.29) is 0 Å². The van der Waals surface area contributed by atoms with E-state index in [9.17, 15) is 23.5 Å². The minimum Gasteiger partial charge on any atom is -0.479 e. The van der Waals surface area contributed by atoms with Gasteiger partial charge in [-0.25, -0.2) is 18.4 Å². The van der Waals surface area contributed by atoms with Crippen molar-refractivity contribution in [2.45, 2.75) is 56.5 Å². The van der Waals surface area contributed by atoms with Gasteiger partial charge >= 0.3 is 12.0 Å². The van der Waals surface area contributed by atoms with Gasteiger partial charge in [-0.05, 0) is 55.5 Å². The summed E-state index contributed by atoms with van der Waals surface area (Å²) in [6.07, 6.45) is 0.385. The predicted molar refractivity (Wildman–Crippen MR) is 124 cm³/mol. The Labute approximate surface area is 201 Å². The molecule has 2 N–H and O–H groups in total. The third kappa shape index (κ3) is 6.36. The van der Waals surface area contributed by atoms with Crippen LogP contribution < -0.4 is 5.32 Å². The highest BCUT2D eigenvalue weighted by Gasteiger charge is 2.62. The first kappa shape index (κ1) is 25.2. The van der Waals surface area contributed by atoms with Gasteiger partial charge in [-0.1, -0.05) is 53.5 Å². The van der Waals surface area contributed by atoms with Crippen LogP contribution in [0.5, 0.6) is 0 Å². The number of alkyl halides is 2. The molecule has 0 heterocycles. The number of carbonyl (C=O) groups is 2. The topological polar surface area (TPSA) is 69.6 Å². The number of hydrogen-bond donors (Lipinski definition) is 2. The third-order valence-corrected chi connectivity index (χ3v) is 6.37. The third-order valence-electron chi connectivity index (χ3n) is 5.93. The van der Waals surface area contributed by atoms with Gasteiger partial charge in [-0.3, -0.25) is 0 Å². The lowest BCUT2D eigenvalue weighted by atomic mass is 9.73. The Morgan fingerprint density at radius 1 is 1.09 bits per heavy atom. The largest absolute Gasteiger partial charge is 0.479 e. The first-order valence-corrected chi connectivity index (χ1v) is 11.5. The van der Waals surface area contributed by atoms with Gasteiger partial charge in [0.1, 0.15) is 0 Å². The van der Waals surface area contributed by atoms with Crippen molar-refractivity contribution in [3.05, 3.63) is 69.7 Å². The van der Waals surface area contributed by atoms with Crippen LogP contribution in [0.25, 0.3) is 0 Å². The molecule has 2 amide bonds. The van der Waals surface area contributed by atoms with Crippen LogP contribution in [0.2, 0.25) is 10.0 Å². The van der Waals surface area contributed by atoms with Crippen molar-refractivity contribution in [3.63, 3.8) is 0 Å². The molecule has 2 aromatic carbocycles. The molecule has 0 spiro atoms. The Bertz CT molecular complexity index is 976. The molecule has 9 heteroatoms. The zero-order valence-corrected chi connectivity index (χ0v) is 19.7. The van der Waals surface area contributed by atoms with Crippen molar-refractivity contribution in [2.75, 3.05) is 6.54 Å². The smallest absolute Gasteiger partial charge is 0.329 e. The molecule has 2 aromatic rings. The van der Waals surface area contributed by atoms with E-state index in [1.54, 1.807) is 25.1 Å². The summed E-state index contributed by atoms with van der Waals surface area (Å²) < 4.78 is 27.0. The van der Waals surface area contributed by atoms with E-state index in [0.29, 0.717) is 28.6 Å². The molecule has 0 bridgehead atoms. The van der Waals surface area contributed by atoms with Crippen LogP contribution in [-0.4, -0.2) is 40.0 Å². The first-order valence-electron chi connectivity index (χ1n) is 10.7. The maximum atomic E-state index is 13.5. The molecule has 1 aliphatic carbocycles. The molecule has 5 nitrogen and oxygen atoms in total. The molecule has 0 aromatic heterocycles.